The monoisotopic (exact) mass is 404 g/mol. The van der Waals surface area contributed by atoms with E-state index in [0.717, 1.165) is 11.8 Å². The predicted octanol–water partition coefficient (Wildman–Crippen LogP) is 2.99. The van der Waals surface area contributed by atoms with Crippen molar-refractivity contribution in [1.82, 2.24) is 0 Å². The van der Waals surface area contributed by atoms with E-state index in [-0.39, 0.29) is 18.2 Å². The minimum Gasteiger partial charge on any atom is -0.454 e. The third-order valence-corrected chi connectivity index (χ3v) is 4.76. The molecule has 0 aliphatic carbocycles. The maximum absolute atomic E-state index is 12.2. The van der Waals surface area contributed by atoms with Crippen LogP contribution in [0.2, 0.25) is 0 Å². The summed E-state index contributed by atoms with van der Waals surface area (Å²) in [7, 11) is 0. The van der Waals surface area contributed by atoms with E-state index in [0.29, 0.717) is 22.1 Å². The number of ether oxygens (including phenoxy) is 3. The number of carbonyl (C=O) groups is 2. The summed E-state index contributed by atoms with van der Waals surface area (Å²) >= 11 is 0.976. The highest BCUT2D eigenvalue weighted by Crippen LogP contribution is 2.34. The standard InChI is InChI=1S/C18H16N2O7S/c1-11(18(22)19-12-6-7-14-15(8-12)26-10-25-14)27-17(21)9-28-16-5-3-2-4-13(16)20(23)24/h2-8,11H,9-10H2,1H3,(H,19,22)/t11-/m1/s1. The van der Waals surface area contributed by atoms with E-state index in [1.54, 1.807) is 36.4 Å². The van der Waals surface area contributed by atoms with Crippen molar-refractivity contribution in [2.45, 2.75) is 17.9 Å². The molecule has 0 saturated carbocycles. The molecule has 1 N–H and O–H groups in total. The Morgan fingerprint density at radius 3 is 2.79 bits per heavy atom. The van der Waals surface area contributed by atoms with E-state index in [9.17, 15) is 19.7 Å². The van der Waals surface area contributed by atoms with Crippen LogP contribution in [0.3, 0.4) is 0 Å². The van der Waals surface area contributed by atoms with Crippen molar-refractivity contribution in [2.75, 3.05) is 17.9 Å². The van der Waals surface area contributed by atoms with E-state index < -0.39 is 22.9 Å². The molecule has 2 aromatic rings. The van der Waals surface area contributed by atoms with Gasteiger partial charge in [-0.1, -0.05) is 12.1 Å². The molecule has 1 heterocycles. The zero-order valence-electron chi connectivity index (χ0n) is 14.7. The van der Waals surface area contributed by atoms with Crippen molar-refractivity contribution in [2.24, 2.45) is 0 Å². The van der Waals surface area contributed by atoms with E-state index >= 15 is 0 Å². The summed E-state index contributed by atoms with van der Waals surface area (Å²) in [6.45, 7) is 1.56. The fraction of sp³-hybridized carbons (Fsp3) is 0.222. The van der Waals surface area contributed by atoms with Gasteiger partial charge in [0.05, 0.1) is 15.6 Å². The Hall–Kier alpha value is -3.27. The molecule has 9 nitrogen and oxygen atoms in total. The molecule has 10 heteroatoms. The van der Waals surface area contributed by atoms with Crippen molar-refractivity contribution in [3.63, 3.8) is 0 Å². The number of fused-ring (bicyclic) bond motifs is 1. The Morgan fingerprint density at radius 2 is 2.00 bits per heavy atom. The van der Waals surface area contributed by atoms with Gasteiger partial charge in [-0.25, -0.2) is 0 Å². The zero-order valence-corrected chi connectivity index (χ0v) is 15.6. The molecule has 3 rings (SSSR count). The molecule has 1 aliphatic heterocycles. The minimum atomic E-state index is -1.04. The number of nitrogens with one attached hydrogen (secondary N) is 1. The van der Waals surface area contributed by atoms with Gasteiger partial charge in [-0.15, -0.1) is 11.8 Å². The van der Waals surface area contributed by atoms with Crippen LogP contribution in [0.15, 0.2) is 47.4 Å². The first-order valence-electron chi connectivity index (χ1n) is 8.20. The topological polar surface area (TPSA) is 117 Å². The zero-order chi connectivity index (χ0) is 20.1. The van der Waals surface area contributed by atoms with E-state index in [2.05, 4.69) is 5.32 Å². The van der Waals surface area contributed by atoms with Gasteiger partial charge in [0, 0.05) is 17.8 Å². The van der Waals surface area contributed by atoms with Crippen molar-refractivity contribution < 1.29 is 28.7 Å². The molecule has 1 amide bonds. The highest BCUT2D eigenvalue weighted by molar-refractivity contribution is 8.00. The predicted molar refractivity (Wildman–Crippen MR) is 101 cm³/mol. The number of rotatable bonds is 7. The third-order valence-electron chi connectivity index (χ3n) is 3.73. The normalized spacial score (nSPS) is 12.9. The number of hydrogen-bond donors (Lipinski definition) is 1. The molecule has 0 spiro atoms. The number of nitro groups is 1. The maximum Gasteiger partial charge on any atom is 0.317 e. The number of hydrogen-bond acceptors (Lipinski definition) is 8. The van der Waals surface area contributed by atoms with E-state index in [1.807, 2.05) is 0 Å². The van der Waals surface area contributed by atoms with Crippen molar-refractivity contribution in [1.29, 1.82) is 0 Å². The second-order valence-electron chi connectivity index (χ2n) is 5.70. The van der Waals surface area contributed by atoms with Gasteiger partial charge < -0.3 is 19.5 Å². The van der Waals surface area contributed by atoms with Gasteiger partial charge in [0.2, 0.25) is 6.79 Å². The van der Waals surface area contributed by atoms with Crippen molar-refractivity contribution >= 4 is 35.0 Å². The number of nitro benzene ring substituents is 1. The number of anilines is 1. The van der Waals surface area contributed by atoms with Crippen molar-refractivity contribution in [3.8, 4) is 11.5 Å². The van der Waals surface area contributed by atoms with Crippen LogP contribution in [0.5, 0.6) is 11.5 Å². The van der Waals surface area contributed by atoms with Gasteiger partial charge >= 0.3 is 5.97 Å². The summed E-state index contributed by atoms with van der Waals surface area (Å²) in [4.78, 5) is 35.0. The molecule has 0 fully saturated rings. The van der Waals surface area contributed by atoms with Gasteiger partial charge in [0.25, 0.3) is 11.6 Å². The van der Waals surface area contributed by atoms with Gasteiger partial charge in [0.15, 0.2) is 17.6 Å². The Labute approximate surface area is 164 Å². The summed E-state index contributed by atoms with van der Waals surface area (Å²) < 4.78 is 15.5. The molecule has 2 aromatic carbocycles. The summed E-state index contributed by atoms with van der Waals surface area (Å²) in [6, 6.07) is 11.0. The average Bonchev–Trinajstić information content (AvgIpc) is 3.14. The molecule has 0 bridgehead atoms. The summed E-state index contributed by atoms with van der Waals surface area (Å²) in [5.41, 5.74) is 0.389. The van der Waals surface area contributed by atoms with Gasteiger partial charge in [0.1, 0.15) is 0 Å². The van der Waals surface area contributed by atoms with Crippen LogP contribution in [0, 0.1) is 10.1 Å². The minimum absolute atomic E-state index is 0.0890. The Bertz CT molecular complexity index is 919. The first kappa shape index (κ1) is 19.5. The molecule has 146 valence electrons. The van der Waals surface area contributed by atoms with Crippen LogP contribution in [-0.4, -0.2) is 35.4 Å². The fourth-order valence-corrected chi connectivity index (χ4v) is 3.18. The lowest BCUT2D eigenvalue weighted by atomic mass is 10.2. The van der Waals surface area contributed by atoms with Gasteiger partial charge in [-0.05, 0) is 25.1 Å². The molecule has 1 aliphatic rings. The number of amides is 1. The number of esters is 1. The smallest absolute Gasteiger partial charge is 0.317 e. The maximum atomic E-state index is 12.2. The largest absolute Gasteiger partial charge is 0.454 e. The number of para-hydroxylation sites is 1. The molecular formula is C18H16N2O7S. The molecule has 1 atom stereocenters. The fourth-order valence-electron chi connectivity index (χ4n) is 2.37. The number of carbonyl (C=O) groups excluding carboxylic acids is 2. The number of nitrogens with zero attached hydrogens (tertiary/aromatic N) is 1. The Morgan fingerprint density at radius 1 is 1.25 bits per heavy atom. The highest BCUT2D eigenvalue weighted by atomic mass is 32.2. The lowest BCUT2D eigenvalue weighted by molar-refractivity contribution is -0.387. The second kappa shape index (κ2) is 8.61. The van der Waals surface area contributed by atoms with Crippen LogP contribution in [0.1, 0.15) is 6.92 Å². The van der Waals surface area contributed by atoms with E-state index in [1.165, 1.54) is 13.0 Å². The van der Waals surface area contributed by atoms with Gasteiger partial charge in [-0.2, -0.15) is 0 Å². The molecule has 0 saturated heterocycles. The summed E-state index contributed by atoms with van der Waals surface area (Å²) in [6.07, 6.45) is -1.04. The van der Waals surface area contributed by atoms with Crippen LogP contribution >= 0.6 is 11.8 Å². The Kier molecular flexibility index (Phi) is 5.99. The number of thioether (sulfide) groups is 1. The third kappa shape index (κ3) is 4.71. The molecule has 0 radical (unpaired) electrons. The van der Waals surface area contributed by atoms with E-state index in [4.69, 9.17) is 14.2 Å². The highest BCUT2D eigenvalue weighted by Gasteiger charge is 2.21. The average molecular weight is 404 g/mol. The molecule has 0 aromatic heterocycles. The van der Waals surface area contributed by atoms with Crippen LogP contribution < -0.4 is 14.8 Å². The number of benzene rings is 2. The summed E-state index contributed by atoms with van der Waals surface area (Å²) in [5, 5.41) is 13.6. The SMILES string of the molecule is C[C@@H](OC(=O)CSc1ccccc1[N+](=O)[O-])C(=O)Nc1ccc2c(c1)OCO2. The second-order valence-corrected chi connectivity index (χ2v) is 6.72. The first-order valence-corrected chi connectivity index (χ1v) is 9.19. The van der Waals surface area contributed by atoms with Crippen LogP contribution in [0.25, 0.3) is 0 Å². The van der Waals surface area contributed by atoms with Crippen molar-refractivity contribution in [3.05, 3.63) is 52.6 Å². The Balaban J connectivity index is 1.51. The lowest BCUT2D eigenvalue weighted by Gasteiger charge is -2.13. The van der Waals surface area contributed by atoms with Crippen LogP contribution in [0.4, 0.5) is 11.4 Å². The molecule has 0 unspecified atom stereocenters. The van der Waals surface area contributed by atoms with Crippen LogP contribution in [-0.2, 0) is 14.3 Å². The summed E-state index contributed by atoms with van der Waals surface area (Å²) in [5.74, 6) is -0.223. The molecule has 28 heavy (non-hydrogen) atoms. The quantitative estimate of drug-likeness (QED) is 0.324. The first-order chi connectivity index (χ1) is 13.4. The lowest BCUT2D eigenvalue weighted by Crippen LogP contribution is -2.30. The van der Waals surface area contributed by atoms with Gasteiger partial charge in [-0.3, -0.25) is 19.7 Å². The molecular weight excluding hydrogens is 388 g/mol.